The van der Waals surface area contributed by atoms with E-state index in [1.807, 2.05) is 0 Å². The highest BCUT2D eigenvalue weighted by Gasteiger charge is 2.34. The summed E-state index contributed by atoms with van der Waals surface area (Å²) in [7, 11) is 0. The number of morpholine rings is 1. The summed E-state index contributed by atoms with van der Waals surface area (Å²) in [6.07, 6.45) is -2.79. The number of nitrogens with two attached hydrogens (primary N) is 1. The van der Waals surface area contributed by atoms with Gasteiger partial charge in [0.25, 0.3) is 18.2 Å². The van der Waals surface area contributed by atoms with Crippen LogP contribution in [0.15, 0.2) is 18.2 Å². The minimum absolute atomic E-state index is 0.0198. The molecule has 1 aliphatic rings. The second-order valence-corrected chi connectivity index (χ2v) is 7.30. The van der Waals surface area contributed by atoms with E-state index >= 15 is 0 Å². The van der Waals surface area contributed by atoms with Gasteiger partial charge in [0.05, 0.1) is 18.8 Å². The second kappa shape index (κ2) is 10.4. The zero-order chi connectivity index (χ0) is 22.4. The van der Waals surface area contributed by atoms with Gasteiger partial charge in [-0.1, -0.05) is 13.8 Å². The third kappa shape index (κ3) is 6.17. The van der Waals surface area contributed by atoms with E-state index < -0.39 is 36.6 Å². The molecule has 166 valence electrons. The maximum Gasteiger partial charge on any atom is 0.253 e. The van der Waals surface area contributed by atoms with Crippen LogP contribution in [0.3, 0.4) is 0 Å². The van der Waals surface area contributed by atoms with E-state index in [0.717, 1.165) is 11.0 Å². The first kappa shape index (κ1) is 23.6. The predicted octanol–water partition coefficient (Wildman–Crippen LogP) is 1.20. The van der Waals surface area contributed by atoms with E-state index in [1.165, 1.54) is 17.0 Å². The van der Waals surface area contributed by atoms with Crippen LogP contribution in [-0.2, 0) is 19.1 Å². The molecule has 3 N–H and O–H groups in total. The van der Waals surface area contributed by atoms with Crippen LogP contribution >= 0.6 is 0 Å². The normalized spacial score (nSPS) is 15.7. The standard InChI is InChI=1S/C19H25F3N4O4/c1-11(2)8-25(9-15(21)22)17(18(23)28)19(29)24-14-4-3-12(7-13(14)20)26-5-6-30-10-16(26)27/h3-4,7,11,15,17H,5-6,8-10H2,1-2H3,(H2,23,28)(H,24,29)/t17-/m0/s1. The first-order chi connectivity index (χ1) is 14.1. The fourth-order valence-electron chi connectivity index (χ4n) is 3.17. The van der Waals surface area contributed by atoms with Crippen LogP contribution in [0.2, 0.25) is 0 Å². The largest absolute Gasteiger partial charge is 0.370 e. The first-order valence-corrected chi connectivity index (χ1v) is 9.40. The van der Waals surface area contributed by atoms with Crippen molar-refractivity contribution in [2.75, 3.05) is 43.1 Å². The fourth-order valence-corrected chi connectivity index (χ4v) is 3.17. The topological polar surface area (TPSA) is 105 Å². The van der Waals surface area contributed by atoms with E-state index in [9.17, 15) is 27.6 Å². The van der Waals surface area contributed by atoms with Crippen molar-refractivity contribution in [3.05, 3.63) is 24.0 Å². The van der Waals surface area contributed by atoms with E-state index in [4.69, 9.17) is 10.5 Å². The number of hydrogen-bond acceptors (Lipinski definition) is 5. The summed E-state index contributed by atoms with van der Waals surface area (Å²) in [5, 5.41) is 2.23. The number of hydrogen-bond donors (Lipinski definition) is 2. The van der Waals surface area contributed by atoms with E-state index in [0.29, 0.717) is 6.61 Å². The number of ether oxygens (including phenoxy) is 1. The van der Waals surface area contributed by atoms with Crippen molar-refractivity contribution in [2.45, 2.75) is 26.3 Å². The highest BCUT2D eigenvalue weighted by Crippen LogP contribution is 2.24. The molecule has 1 fully saturated rings. The molecule has 1 aromatic carbocycles. The number of nitrogens with zero attached hydrogens (tertiary/aromatic N) is 2. The molecule has 0 bridgehead atoms. The van der Waals surface area contributed by atoms with E-state index in [2.05, 4.69) is 5.32 Å². The van der Waals surface area contributed by atoms with Crippen LogP contribution in [0, 0.1) is 11.7 Å². The molecular formula is C19H25F3N4O4. The summed E-state index contributed by atoms with van der Waals surface area (Å²) in [5.74, 6) is -3.45. The van der Waals surface area contributed by atoms with E-state index in [1.54, 1.807) is 13.8 Å². The molecule has 0 aromatic heterocycles. The zero-order valence-corrected chi connectivity index (χ0v) is 16.7. The third-order valence-corrected chi connectivity index (χ3v) is 4.36. The van der Waals surface area contributed by atoms with Crippen LogP contribution in [0.5, 0.6) is 0 Å². The van der Waals surface area contributed by atoms with Crippen LogP contribution in [0.4, 0.5) is 24.5 Å². The molecule has 1 heterocycles. The van der Waals surface area contributed by atoms with Crippen LogP contribution in [0.25, 0.3) is 0 Å². The van der Waals surface area contributed by atoms with Gasteiger partial charge in [-0.15, -0.1) is 0 Å². The predicted molar refractivity (Wildman–Crippen MR) is 104 cm³/mol. The smallest absolute Gasteiger partial charge is 0.253 e. The zero-order valence-electron chi connectivity index (χ0n) is 16.7. The first-order valence-electron chi connectivity index (χ1n) is 9.40. The summed E-state index contributed by atoms with van der Waals surface area (Å²) in [5.41, 5.74) is 5.30. The summed E-state index contributed by atoms with van der Waals surface area (Å²) >= 11 is 0. The molecule has 0 aliphatic carbocycles. The molecule has 1 saturated heterocycles. The molecule has 1 aliphatic heterocycles. The SMILES string of the molecule is CC(C)CN(CC(F)F)[C@@H](C(N)=O)C(=O)Nc1ccc(N2CCOCC2=O)cc1F. The lowest BCUT2D eigenvalue weighted by molar-refractivity contribution is -0.133. The molecule has 30 heavy (non-hydrogen) atoms. The fraction of sp³-hybridized carbons (Fsp3) is 0.526. The van der Waals surface area contributed by atoms with Gasteiger partial charge in [0.2, 0.25) is 5.91 Å². The van der Waals surface area contributed by atoms with Crippen LogP contribution < -0.4 is 16.0 Å². The average molecular weight is 430 g/mol. The number of rotatable bonds is 9. The van der Waals surface area contributed by atoms with Crippen molar-refractivity contribution in [3.63, 3.8) is 0 Å². The lowest BCUT2D eigenvalue weighted by Gasteiger charge is -2.30. The molecule has 0 unspecified atom stereocenters. The molecular weight excluding hydrogens is 405 g/mol. The van der Waals surface area contributed by atoms with Crippen molar-refractivity contribution in [1.82, 2.24) is 4.90 Å². The maximum absolute atomic E-state index is 14.5. The minimum Gasteiger partial charge on any atom is -0.370 e. The Morgan fingerprint density at radius 3 is 2.53 bits per heavy atom. The number of alkyl halides is 2. The Hall–Kier alpha value is -2.66. The number of halogens is 3. The monoisotopic (exact) mass is 430 g/mol. The van der Waals surface area contributed by atoms with E-state index in [-0.39, 0.29) is 42.9 Å². The van der Waals surface area contributed by atoms with Crippen molar-refractivity contribution >= 4 is 29.1 Å². The Bertz CT molecular complexity index is 781. The summed E-state index contributed by atoms with van der Waals surface area (Å²) < 4.78 is 45.4. The molecule has 1 atom stereocenters. The lowest BCUT2D eigenvalue weighted by Crippen LogP contribution is -2.54. The van der Waals surface area contributed by atoms with Gasteiger partial charge >= 0.3 is 0 Å². The third-order valence-electron chi connectivity index (χ3n) is 4.36. The van der Waals surface area contributed by atoms with Crippen molar-refractivity contribution < 1.29 is 32.3 Å². The van der Waals surface area contributed by atoms with Crippen molar-refractivity contribution in [3.8, 4) is 0 Å². The van der Waals surface area contributed by atoms with Crippen molar-refractivity contribution in [1.29, 1.82) is 0 Å². The number of carbonyl (C=O) groups is 3. The molecule has 0 spiro atoms. The van der Waals surface area contributed by atoms with Gasteiger partial charge in [0.1, 0.15) is 12.4 Å². The van der Waals surface area contributed by atoms with Gasteiger partial charge in [-0.25, -0.2) is 13.2 Å². The van der Waals surface area contributed by atoms with Gasteiger partial charge in [-0.3, -0.25) is 19.3 Å². The quantitative estimate of drug-likeness (QED) is 0.573. The number of amides is 3. The molecule has 2 rings (SSSR count). The van der Waals surface area contributed by atoms with Gasteiger partial charge in [0, 0.05) is 18.8 Å². The molecule has 1 aromatic rings. The van der Waals surface area contributed by atoms with Crippen LogP contribution in [-0.4, -0.2) is 67.9 Å². The molecule has 0 radical (unpaired) electrons. The maximum atomic E-state index is 14.5. The molecule has 8 nitrogen and oxygen atoms in total. The summed E-state index contributed by atoms with van der Waals surface area (Å²) in [6.45, 7) is 3.11. The molecule has 3 amide bonds. The molecule has 11 heteroatoms. The van der Waals surface area contributed by atoms with Gasteiger partial charge in [0.15, 0.2) is 6.04 Å². The Morgan fingerprint density at radius 1 is 1.30 bits per heavy atom. The lowest BCUT2D eigenvalue weighted by atomic mass is 10.1. The van der Waals surface area contributed by atoms with Crippen molar-refractivity contribution in [2.24, 2.45) is 11.7 Å². The molecule has 0 saturated carbocycles. The number of carbonyl (C=O) groups excluding carboxylic acids is 3. The number of benzene rings is 1. The number of primary amides is 1. The number of nitrogens with one attached hydrogen (secondary N) is 1. The van der Waals surface area contributed by atoms with Gasteiger partial charge in [-0.05, 0) is 24.1 Å². The highest BCUT2D eigenvalue weighted by atomic mass is 19.3. The summed E-state index contributed by atoms with van der Waals surface area (Å²) in [4.78, 5) is 38.6. The highest BCUT2D eigenvalue weighted by molar-refractivity contribution is 6.09. The minimum atomic E-state index is -2.79. The van der Waals surface area contributed by atoms with Gasteiger partial charge in [-0.2, -0.15) is 0 Å². The van der Waals surface area contributed by atoms with Crippen LogP contribution in [0.1, 0.15) is 13.8 Å². The second-order valence-electron chi connectivity index (χ2n) is 7.30. The Balaban J connectivity index is 2.20. The Kier molecular flexibility index (Phi) is 8.18. The summed E-state index contributed by atoms with van der Waals surface area (Å²) in [6, 6.07) is 2.01. The Morgan fingerprint density at radius 2 is 2.00 bits per heavy atom. The number of anilines is 2. The Labute approximate surface area is 172 Å². The van der Waals surface area contributed by atoms with Gasteiger partial charge < -0.3 is 20.7 Å². The average Bonchev–Trinajstić information content (AvgIpc) is 2.62.